The Morgan fingerprint density at radius 2 is 1.80 bits per heavy atom. The number of hydrogen-bond acceptors (Lipinski definition) is 3. The van der Waals surface area contributed by atoms with Gasteiger partial charge in [0.05, 0.1) is 2.74 Å². The molecule has 0 atom stereocenters. The van der Waals surface area contributed by atoms with Gasteiger partial charge in [0.1, 0.15) is 5.60 Å². The minimum absolute atomic E-state index is 0.174. The Balaban J connectivity index is 2.85. The SMILES string of the molecule is [2H]C([2H])(NC(=O)OC(C)(C)C)c1ccc(C(=O)N(C)C)cc1. The van der Waals surface area contributed by atoms with Crippen LogP contribution in [-0.2, 0) is 11.2 Å². The van der Waals surface area contributed by atoms with Crippen LogP contribution in [0.3, 0.4) is 0 Å². The lowest BCUT2D eigenvalue weighted by atomic mass is 10.1. The van der Waals surface area contributed by atoms with E-state index < -0.39 is 18.2 Å². The Morgan fingerprint density at radius 1 is 1.25 bits per heavy atom. The summed E-state index contributed by atoms with van der Waals surface area (Å²) in [4.78, 5) is 24.9. The Bertz CT molecular complexity index is 549. The van der Waals surface area contributed by atoms with Crippen LogP contribution >= 0.6 is 0 Å². The molecule has 0 saturated heterocycles. The van der Waals surface area contributed by atoms with Gasteiger partial charge in [-0.15, -0.1) is 0 Å². The number of alkyl carbamates (subject to hydrolysis) is 1. The number of amides is 2. The topological polar surface area (TPSA) is 58.6 Å². The van der Waals surface area contributed by atoms with E-state index in [1.807, 2.05) is 0 Å². The van der Waals surface area contributed by atoms with Crippen LogP contribution in [0.1, 0.15) is 39.4 Å². The summed E-state index contributed by atoms with van der Waals surface area (Å²) in [6, 6.07) is 5.97. The molecule has 0 unspecified atom stereocenters. The second-order valence-electron chi connectivity index (χ2n) is 5.53. The van der Waals surface area contributed by atoms with E-state index in [1.165, 1.54) is 29.2 Å². The maximum atomic E-state index is 11.8. The van der Waals surface area contributed by atoms with Crippen LogP contribution in [0.4, 0.5) is 4.79 Å². The summed E-state index contributed by atoms with van der Waals surface area (Å²) in [5.74, 6) is -0.174. The number of nitrogens with zero attached hydrogens (tertiary/aromatic N) is 1. The van der Waals surface area contributed by atoms with Gasteiger partial charge in [0.2, 0.25) is 0 Å². The van der Waals surface area contributed by atoms with Crippen molar-refractivity contribution in [1.29, 1.82) is 0 Å². The zero-order valence-electron chi connectivity index (χ0n) is 14.5. The van der Waals surface area contributed by atoms with E-state index in [4.69, 9.17) is 7.48 Å². The van der Waals surface area contributed by atoms with Crippen molar-refractivity contribution in [2.45, 2.75) is 32.9 Å². The first-order valence-corrected chi connectivity index (χ1v) is 6.26. The van der Waals surface area contributed by atoms with Crippen molar-refractivity contribution in [1.82, 2.24) is 10.2 Å². The molecule has 0 saturated carbocycles. The van der Waals surface area contributed by atoms with E-state index in [9.17, 15) is 9.59 Å². The van der Waals surface area contributed by atoms with Crippen LogP contribution in [0, 0.1) is 0 Å². The molecule has 0 aliphatic heterocycles. The normalized spacial score (nSPS) is 13.1. The average Bonchev–Trinajstić information content (AvgIpc) is 2.34. The highest BCUT2D eigenvalue weighted by Crippen LogP contribution is 2.08. The smallest absolute Gasteiger partial charge is 0.407 e. The van der Waals surface area contributed by atoms with Gasteiger partial charge in [-0.25, -0.2) is 4.79 Å². The zero-order valence-corrected chi connectivity index (χ0v) is 12.5. The van der Waals surface area contributed by atoms with Crippen LogP contribution in [0.2, 0.25) is 0 Å². The van der Waals surface area contributed by atoms with E-state index in [0.717, 1.165) is 0 Å². The van der Waals surface area contributed by atoms with Crippen molar-refractivity contribution < 1.29 is 17.1 Å². The van der Waals surface area contributed by atoms with Crippen LogP contribution in [0.15, 0.2) is 24.3 Å². The average molecular weight is 280 g/mol. The van der Waals surface area contributed by atoms with E-state index in [-0.39, 0.29) is 11.5 Å². The maximum Gasteiger partial charge on any atom is 0.407 e. The van der Waals surface area contributed by atoms with E-state index >= 15 is 0 Å². The van der Waals surface area contributed by atoms with Crippen molar-refractivity contribution in [3.63, 3.8) is 0 Å². The molecule has 5 nitrogen and oxygen atoms in total. The molecule has 0 aliphatic rings. The number of carbonyl (C=O) groups excluding carboxylic acids is 2. The fraction of sp³-hybridized carbons (Fsp3) is 0.467. The van der Waals surface area contributed by atoms with Crippen LogP contribution < -0.4 is 5.32 Å². The number of carbonyl (C=O) groups is 2. The van der Waals surface area contributed by atoms with Crippen molar-refractivity contribution in [2.24, 2.45) is 0 Å². The van der Waals surface area contributed by atoms with Gasteiger partial charge in [-0.1, -0.05) is 12.1 Å². The molecular formula is C15H22N2O3. The van der Waals surface area contributed by atoms with Crippen molar-refractivity contribution in [3.8, 4) is 0 Å². The summed E-state index contributed by atoms with van der Waals surface area (Å²) in [6.07, 6.45) is -0.842. The first-order chi connectivity index (χ1) is 9.92. The first-order valence-electron chi connectivity index (χ1n) is 7.26. The zero-order chi connectivity index (χ0) is 17.1. The lowest BCUT2D eigenvalue weighted by Gasteiger charge is -2.19. The molecule has 5 heteroatoms. The third-order valence-corrected chi connectivity index (χ3v) is 2.25. The fourth-order valence-corrected chi connectivity index (χ4v) is 1.38. The van der Waals surface area contributed by atoms with Gasteiger partial charge in [-0.3, -0.25) is 4.79 Å². The predicted molar refractivity (Wildman–Crippen MR) is 77.5 cm³/mol. The Kier molecular flexibility index (Phi) is 4.16. The molecule has 1 aromatic carbocycles. The molecule has 1 aromatic rings. The highest BCUT2D eigenvalue weighted by atomic mass is 16.6. The van der Waals surface area contributed by atoms with Gasteiger partial charge in [-0.2, -0.15) is 0 Å². The molecule has 0 fully saturated rings. The number of nitrogens with one attached hydrogen (secondary N) is 1. The maximum absolute atomic E-state index is 11.8. The van der Waals surface area contributed by atoms with Crippen molar-refractivity contribution in [2.75, 3.05) is 14.1 Å². The third-order valence-electron chi connectivity index (χ3n) is 2.25. The quantitative estimate of drug-likeness (QED) is 0.925. The Hall–Kier alpha value is -2.04. The van der Waals surface area contributed by atoms with Gasteiger partial charge in [-0.05, 0) is 38.5 Å². The summed E-state index contributed by atoms with van der Waals surface area (Å²) in [5, 5.41) is 2.18. The van der Waals surface area contributed by atoms with Gasteiger partial charge in [0, 0.05) is 26.2 Å². The Morgan fingerprint density at radius 3 is 2.25 bits per heavy atom. The van der Waals surface area contributed by atoms with Crippen molar-refractivity contribution in [3.05, 3.63) is 35.4 Å². The van der Waals surface area contributed by atoms with Gasteiger partial charge >= 0.3 is 6.09 Å². The standard InChI is InChI=1S/C15H22N2O3/c1-15(2,3)20-14(19)16-10-11-6-8-12(9-7-11)13(18)17(4)5/h6-9H,10H2,1-5H3,(H,16,19)/i10D2. The summed E-state index contributed by atoms with van der Waals surface area (Å²) in [7, 11) is 3.28. The molecular weight excluding hydrogens is 256 g/mol. The number of hydrogen-bond donors (Lipinski definition) is 1. The molecule has 1 rings (SSSR count). The van der Waals surface area contributed by atoms with E-state index in [0.29, 0.717) is 5.56 Å². The molecule has 20 heavy (non-hydrogen) atoms. The lowest BCUT2D eigenvalue weighted by molar-refractivity contribution is 0.0523. The van der Waals surface area contributed by atoms with Gasteiger partial charge in [0.15, 0.2) is 0 Å². The number of rotatable bonds is 3. The van der Waals surface area contributed by atoms with Gasteiger partial charge in [0.25, 0.3) is 5.91 Å². The highest BCUT2D eigenvalue weighted by molar-refractivity contribution is 5.93. The minimum Gasteiger partial charge on any atom is -0.444 e. The van der Waals surface area contributed by atoms with Crippen LogP contribution in [-0.4, -0.2) is 36.6 Å². The van der Waals surface area contributed by atoms with E-state index in [2.05, 4.69) is 5.32 Å². The van der Waals surface area contributed by atoms with Crippen LogP contribution in [0.5, 0.6) is 0 Å². The van der Waals surface area contributed by atoms with Gasteiger partial charge < -0.3 is 15.0 Å². The molecule has 0 heterocycles. The molecule has 0 bridgehead atoms. The minimum atomic E-state index is -2.10. The molecule has 110 valence electrons. The molecule has 1 N–H and O–H groups in total. The summed E-state index contributed by atoms with van der Waals surface area (Å²) >= 11 is 0. The van der Waals surface area contributed by atoms with Crippen LogP contribution in [0.25, 0.3) is 0 Å². The summed E-state index contributed by atoms with van der Waals surface area (Å²) in [6.45, 7) is 3.00. The second kappa shape index (κ2) is 6.41. The first kappa shape index (κ1) is 13.0. The number of benzene rings is 1. The second-order valence-corrected chi connectivity index (χ2v) is 5.53. The lowest BCUT2D eigenvalue weighted by Crippen LogP contribution is -2.32. The third kappa shape index (κ3) is 5.30. The molecule has 0 spiro atoms. The van der Waals surface area contributed by atoms with E-state index in [1.54, 1.807) is 34.9 Å². The largest absolute Gasteiger partial charge is 0.444 e. The molecule has 0 aliphatic carbocycles. The Labute approximate surface area is 122 Å². The fourth-order valence-electron chi connectivity index (χ4n) is 1.38. The highest BCUT2D eigenvalue weighted by Gasteiger charge is 2.15. The molecule has 0 radical (unpaired) electrons. The van der Waals surface area contributed by atoms with Crippen molar-refractivity contribution >= 4 is 12.0 Å². The molecule has 0 aromatic heterocycles. The number of ether oxygens (including phenoxy) is 1. The monoisotopic (exact) mass is 280 g/mol. The summed E-state index contributed by atoms with van der Waals surface area (Å²) < 4.78 is 20.9. The predicted octanol–water partition coefficient (Wildman–Crippen LogP) is 2.41. The summed E-state index contributed by atoms with van der Waals surface area (Å²) in [5.41, 5.74) is -0.0298. The molecule has 2 amide bonds.